The van der Waals surface area contributed by atoms with E-state index < -0.39 is 17.7 Å². The monoisotopic (exact) mass is 304 g/mol. The van der Waals surface area contributed by atoms with Gasteiger partial charge in [-0.05, 0) is 30.2 Å². The number of hydrogen-bond donors (Lipinski definition) is 3. The van der Waals surface area contributed by atoms with Crippen LogP contribution in [0.1, 0.15) is 18.0 Å². The Bertz CT molecular complexity index is 680. The molecule has 0 radical (unpaired) electrons. The minimum atomic E-state index is -0.803. The van der Waals surface area contributed by atoms with Gasteiger partial charge in [0.25, 0.3) is 0 Å². The van der Waals surface area contributed by atoms with E-state index in [1.165, 1.54) is 6.07 Å². The van der Waals surface area contributed by atoms with Gasteiger partial charge in [0.1, 0.15) is 17.7 Å². The number of hydrogen-bond acceptors (Lipinski definition) is 4. The minimum absolute atomic E-state index is 0.0435. The van der Waals surface area contributed by atoms with Crippen molar-refractivity contribution in [1.82, 2.24) is 15.8 Å². The summed E-state index contributed by atoms with van der Waals surface area (Å²) in [5, 5.41) is 2.45. The zero-order valence-electron chi connectivity index (χ0n) is 11.5. The number of nitrogens with one attached hydrogen (secondary N) is 3. The molecule has 2 unspecified atom stereocenters. The molecule has 0 spiro atoms. The normalized spacial score (nSPS) is 20.8. The van der Waals surface area contributed by atoms with E-state index in [-0.39, 0.29) is 17.6 Å². The lowest BCUT2D eigenvalue weighted by Gasteiger charge is -2.11. The summed E-state index contributed by atoms with van der Waals surface area (Å²) >= 11 is 0. The maximum absolute atomic E-state index is 13.5. The Morgan fingerprint density at radius 2 is 2.14 bits per heavy atom. The third-order valence-corrected chi connectivity index (χ3v) is 3.50. The Kier molecular flexibility index (Phi) is 4.08. The first kappa shape index (κ1) is 14.6. The van der Waals surface area contributed by atoms with E-state index in [9.17, 15) is 13.6 Å². The number of amides is 1. The molecule has 2 aromatic rings. The predicted octanol–water partition coefficient (Wildman–Crippen LogP) is 1.91. The topological polar surface area (TPSA) is 66.0 Å². The molecule has 1 amide bonds. The van der Waals surface area contributed by atoms with Gasteiger partial charge in [0.15, 0.2) is 0 Å². The minimum Gasteiger partial charge on any atom is -0.322 e. The number of rotatable bonds is 3. The Morgan fingerprint density at radius 3 is 2.86 bits per heavy atom. The molecular formula is C15H14F2N4O. The molecule has 7 heteroatoms. The largest absolute Gasteiger partial charge is 0.322 e. The standard InChI is InChI=1S/C15H14F2N4O/c16-10-3-4-12(11(17)6-10)19-15(22)14-7-13(20-21-14)9-2-1-5-18-8-9/h1-6,8,13-14,20-21H,7H2,(H,19,22). The summed E-state index contributed by atoms with van der Waals surface area (Å²) in [6, 6.07) is 6.18. The van der Waals surface area contributed by atoms with Crippen LogP contribution < -0.4 is 16.2 Å². The third-order valence-electron chi connectivity index (χ3n) is 3.50. The lowest BCUT2D eigenvalue weighted by atomic mass is 10.0. The molecule has 3 N–H and O–H groups in total. The number of aromatic nitrogens is 1. The van der Waals surface area contributed by atoms with E-state index in [0.29, 0.717) is 6.42 Å². The van der Waals surface area contributed by atoms with Gasteiger partial charge in [0.2, 0.25) is 5.91 Å². The predicted molar refractivity (Wildman–Crippen MR) is 76.6 cm³/mol. The molecule has 1 saturated heterocycles. The highest BCUT2D eigenvalue weighted by molar-refractivity contribution is 5.95. The summed E-state index contributed by atoms with van der Waals surface area (Å²) in [5.74, 6) is -1.87. The number of benzene rings is 1. The first-order chi connectivity index (χ1) is 10.6. The number of anilines is 1. The van der Waals surface area contributed by atoms with Crippen LogP contribution in [0.4, 0.5) is 14.5 Å². The van der Waals surface area contributed by atoms with E-state index in [1.807, 2.05) is 12.1 Å². The van der Waals surface area contributed by atoms with E-state index in [4.69, 9.17) is 0 Å². The molecule has 114 valence electrons. The summed E-state index contributed by atoms with van der Waals surface area (Å²) in [7, 11) is 0. The van der Waals surface area contributed by atoms with Gasteiger partial charge in [-0.1, -0.05) is 6.07 Å². The van der Waals surface area contributed by atoms with Crippen LogP contribution in [0.15, 0.2) is 42.7 Å². The van der Waals surface area contributed by atoms with Gasteiger partial charge in [0, 0.05) is 24.5 Å². The molecule has 5 nitrogen and oxygen atoms in total. The third kappa shape index (κ3) is 3.10. The highest BCUT2D eigenvalue weighted by Gasteiger charge is 2.30. The number of hydrazine groups is 1. The summed E-state index contributed by atoms with van der Waals surface area (Å²) < 4.78 is 26.4. The molecule has 2 atom stereocenters. The molecule has 1 aromatic heterocycles. The molecule has 22 heavy (non-hydrogen) atoms. The Hall–Kier alpha value is -2.38. The van der Waals surface area contributed by atoms with Gasteiger partial charge >= 0.3 is 0 Å². The highest BCUT2D eigenvalue weighted by Crippen LogP contribution is 2.22. The van der Waals surface area contributed by atoms with Gasteiger partial charge < -0.3 is 5.32 Å². The van der Waals surface area contributed by atoms with Crippen molar-refractivity contribution in [1.29, 1.82) is 0 Å². The number of carbonyl (C=O) groups excluding carboxylic acids is 1. The van der Waals surface area contributed by atoms with Crippen molar-refractivity contribution in [3.63, 3.8) is 0 Å². The molecule has 1 aliphatic heterocycles. The fraction of sp³-hybridized carbons (Fsp3) is 0.200. The molecule has 0 bridgehead atoms. The highest BCUT2D eigenvalue weighted by atomic mass is 19.1. The smallest absolute Gasteiger partial charge is 0.243 e. The van der Waals surface area contributed by atoms with Crippen LogP contribution in [0.5, 0.6) is 0 Å². The second-order valence-electron chi connectivity index (χ2n) is 5.03. The van der Waals surface area contributed by atoms with Crippen LogP contribution in [-0.4, -0.2) is 16.9 Å². The molecule has 0 aliphatic carbocycles. The van der Waals surface area contributed by atoms with Crippen LogP contribution in [-0.2, 0) is 4.79 Å². The van der Waals surface area contributed by atoms with E-state index in [2.05, 4.69) is 21.2 Å². The SMILES string of the molecule is O=C(Nc1ccc(F)cc1F)C1CC(c2cccnc2)NN1. The van der Waals surface area contributed by atoms with Crippen LogP contribution in [0, 0.1) is 11.6 Å². The number of pyridine rings is 1. The second kappa shape index (κ2) is 6.17. The van der Waals surface area contributed by atoms with Crippen molar-refractivity contribution in [3.8, 4) is 0 Å². The lowest BCUT2D eigenvalue weighted by molar-refractivity contribution is -0.117. The van der Waals surface area contributed by atoms with Crippen molar-refractivity contribution in [2.75, 3.05) is 5.32 Å². The zero-order chi connectivity index (χ0) is 15.5. The molecular weight excluding hydrogens is 290 g/mol. The average Bonchev–Trinajstić information content (AvgIpc) is 3.01. The molecule has 0 saturated carbocycles. The zero-order valence-corrected chi connectivity index (χ0v) is 11.5. The Labute approximate surface area is 125 Å². The maximum Gasteiger partial charge on any atom is 0.243 e. The summed E-state index contributed by atoms with van der Waals surface area (Å²) in [4.78, 5) is 16.2. The molecule has 1 aromatic carbocycles. The van der Waals surface area contributed by atoms with Crippen molar-refractivity contribution in [2.24, 2.45) is 0 Å². The van der Waals surface area contributed by atoms with Gasteiger partial charge in [-0.3, -0.25) is 9.78 Å². The molecule has 2 heterocycles. The van der Waals surface area contributed by atoms with Gasteiger partial charge in [-0.25, -0.2) is 19.6 Å². The van der Waals surface area contributed by atoms with Crippen molar-refractivity contribution < 1.29 is 13.6 Å². The van der Waals surface area contributed by atoms with E-state index >= 15 is 0 Å². The van der Waals surface area contributed by atoms with Gasteiger partial charge in [-0.2, -0.15) is 0 Å². The van der Waals surface area contributed by atoms with Crippen LogP contribution in [0.3, 0.4) is 0 Å². The molecule has 3 rings (SSSR count). The summed E-state index contributed by atoms with van der Waals surface area (Å²) in [6.45, 7) is 0. The second-order valence-corrected chi connectivity index (χ2v) is 5.03. The summed E-state index contributed by atoms with van der Waals surface area (Å²) in [5.41, 5.74) is 6.79. The van der Waals surface area contributed by atoms with Crippen LogP contribution >= 0.6 is 0 Å². The summed E-state index contributed by atoms with van der Waals surface area (Å²) in [6.07, 6.45) is 3.90. The molecule has 1 fully saturated rings. The van der Waals surface area contributed by atoms with Crippen LogP contribution in [0.2, 0.25) is 0 Å². The fourth-order valence-electron chi connectivity index (χ4n) is 2.34. The first-order valence-electron chi connectivity index (χ1n) is 6.80. The number of nitrogens with zero attached hydrogens (tertiary/aromatic N) is 1. The van der Waals surface area contributed by atoms with Gasteiger partial charge in [0.05, 0.1) is 5.69 Å². The number of carbonyl (C=O) groups is 1. The first-order valence-corrected chi connectivity index (χ1v) is 6.80. The average molecular weight is 304 g/mol. The maximum atomic E-state index is 13.5. The van der Waals surface area contributed by atoms with Crippen LogP contribution in [0.25, 0.3) is 0 Å². The Morgan fingerprint density at radius 1 is 1.27 bits per heavy atom. The number of halogens is 2. The quantitative estimate of drug-likeness (QED) is 0.810. The van der Waals surface area contributed by atoms with Crippen molar-refractivity contribution >= 4 is 11.6 Å². The van der Waals surface area contributed by atoms with Crippen molar-refractivity contribution in [3.05, 3.63) is 59.9 Å². The molecule has 1 aliphatic rings. The fourth-order valence-corrected chi connectivity index (χ4v) is 2.34. The lowest BCUT2D eigenvalue weighted by Crippen LogP contribution is -2.39. The van der Waals surface area contributed by atoms with E-state index in [0.717, 1.165) is 17.7 Å². The van der Waals surface area contributed by atoms with Gasteiger partial charge in [-0.15, -0.1) is 0 Å². The van der Waals surface area contributed by atoms with Crippen molar-refractivity contribution in [2.45, 2.75) is 18.5 Å². The Balaban J connectivity index is 1.64. The van der Waals surface area contributed by atoms with E-state index in [1.54, 1.807) is 12.4 Å².